The summed E-state index contributed by atoms with van der Waals surface area (Å²) in [5, 5.41) is 3.95. The molecule has 0 fully saturated rings. The zero-order valence-electron chi connectivity index (χ0n) is 7.10. The summed E-state index contributed by atoms with van der Waals surface area (Å²) in [6.07, 6.45) is 0. The van der Waals surface area contributed by atoms with Crippen molar-refractivity contribution in [3.8, 4) is 0 Å². The van der Waals surface area contributed by atoms with Gasteiger partial charge < -0.3 is 11.1 Å². The largest absolute Gasteiger partial charge is 0.385 e. The van der Waals surface area contributed by atoms with Crippen molar-refractivity contribution in [1.29, 1.82) is 0 Å². The van der Waals surface area contributed by atoms with E-state index in [-0.39, 0.29) is 0 Å². The first-order valence-electron chi connectivity index (χ1n) is 4.00. The summed E-state index contributed by atoms with van der Waals surface area (Å²) in [5.74, 6) is 0. The maximum absolute atomic E-state index is 5.81. The molecule has 0 radical (unpaired) electrons. The summed E-state index contributed by atoms with van der Waals surface area (Å²) in [4.78, 5) is 0. The van der Waals surface area contributed by atoms with Crippen LogP contribution < -0.4 is 11.1 Å². The Kier molecular flexibility index (Phi) is 3.38. The maximum atomic E-state index is 5.81. The highest BCUT2D eigenvalue weighted by Crippen LogP contribution is 2.19. The van der Waals surface area contributed by atoms with Crippen molar-refractivity contribution >= 4 is 17.3 Å². The summed E-state index contributed by atoms with van der Waals surface area (Å²) in [7, 11) is 0. The molecule has 0 aliphatic rings. The van der Waals surface area contributed by atoms with Crippen molar-refractivity contribution in [1.82, 2.24) is 0 Å². The van der Waals surface area contributed by atoms with E-state index in [9.17, 15) is 0 Å². The molecule has 3 heteroatoms. The SMILES string of the molecule is CCNc1ccc(Cl)cc1CN. The van der Waals surface area contributed by atoms with Gasteiger partial charge in [0.05, 0.1) is 0 Å². The highest BCUT2D eigenvalue weighted by molar-refractivity contribution is 6.30. The molecule has 0 spiro atoms. The fraction of sp³-hybridized carbons (Fsp3) is 0.333. The average Bonchev–Trinajstić information content (AvgIpc) is 2.08. The number of nitrogens with two attached hydrogens (primary N) is 1. The molecule has 3 N–H and O–H groups in total. The molecule has 0 aromatic heterocycles. The van der Waals surface area contributed by atoms with E-state index in [1.165, 1.54) is 0 Å². The van der Waals surface area contributed by atoms with Crippen LogP contribution in [0.4, 0.5) is 5.69 Å². The highest BCUT2D eigenvalue weighted by atomic mass is 35.5. The van der Waals surface area contributed by atoms with Gasteiger partial charge in [-0.1, -0.05) is 11.6 Å². The second-order valence-corrected chi connectivity index (χ2v) is 2.97. The first-order chi connectivity index (χ1) is 5.77. The minimum Gasteiger partial charge on any atom is -0.385 e. The van der Waals surface area contributed by atoms with Crippen LogP contribution >= 0.6 is 11.6 Å². The number of nitrogens with one attached hydrogen (secondary N) is 1. The van der Waals surface area contributed by atoms with Crippen molar-refractivity contribution < 1.29 is 0 Å². The quantitative estimate of drug-likeness (QED) is 0.756. The van der Waals surface area contributed by atoms with E-state index in [4.69, 9.17) is 17.3 Å². The molecule has 66 valence electrons. The van der Waals surface area contributed by atoms with Crippen LogP contribution in [0.3, 0.4) is 0 Å². The third-order valence-electron chi connectivity index (χ3n) is 1.65. The van der Waals surface area contributed by atoms with E-state index in [2.05, 4.69) is 12.2 Å². The molecule has 1 rings (SSSR count). The van der Waals surface area contributed by atoms with Gasteiger partial charge in [0.15, 0.2) is 0 Å². The zero-order valence-corrected chi connectivity index (χ0v) is 7.86. The van der Waals surface area contributed by atoms with Gasteiger partial charge in [-0.3, -0.25) is 0 Å². The number of halogens is 1. The second kappa shape index (κ2) is 4.33. The molecule has 0 amide bonds. The normalized spacial score (nSPS) is 9.92. The van der Waals surface area contributed by atoms with Crippen LogP contribution in [0.1, 0.15) is 12.5 Å². The van der Waals surface area contributed by atoms with E-state index in [0.29, 0.717) is 6.54 Å². The van der Waals surface area contributed by atoms with Crippen molar-refractivity contribution in [3.63, 3.8) is 0 Å². The first kappa shape index (κ1) is 9.36. The molecular formula is C9H13ClN2. The third-order valence-corrected chi connectivity index (χ3v) is 1.89. The van der Waals surface area contributed by atoms with Gasteiger partial charge >= 0.3 is 0 Å². The fourth-order valence-electron chi connectivity index (χ4n) is 1.09. The van der Waals surface area contributed by atoms with Crippen molar-refractivity contribution in [2.75, 3.05) is 11.9 Å². The number of rotatable bonds is 3. The number of hydrogen-bond donors (Lipinski definition) is 2. The molecule has 1 aromatic rings. The lowest BCUT2D eigenvalue weighted by molar-refractivity contribution is 1.06. The molecule has 12 heavy (non-hydrogen) atoms. The Labute approximate surface area is 77.7 Å². The highest BCUT2D eigenvalue weighted by Gasteiger charge is 1.99. The minimum absolute atomic E-state index is 0.517. The van der Waals surface area contributed by atoms with Crippen LogP contribution in [0, 0.1) is 0 Å². The molecule has 0 aliphatic heterocycles. The molecular weight excluding hydrogens is 172 g/mol. The lowest BCUT2D eigenvalue weighted by Gasteiger charge is -2.08. The Morgan fingerprint density at radius 2 is 2.25 bits per heavy atom. The number of benzene rings is 1. The van der Waals surface area contributed by atoms with Crippen LogP contribution in [0.15, 0.2) is 18.2 Å². The topological polar surface area (TPSA) is 38.0 Å². The Morgan fingerprint density at radius 3 is 2.83 bits per heavy atom. The van der Waals surface area contributed by atoms with Gasteiger partial charge in [-0.05, 0) is 30.7 Å². The number of hydrogen-bond acceptors (Lipinski definition) is 2. The monoisotopic (exact) mass is 184 g/mol. The molecule has 0 heterocycles. The van der Waals surface area contributed by atoms with Gasteiger partial charge in [0.2, 0.25) is 0 Å². The van der Waals surface area contributed by atoms with Crippen molar-refractivity contribution in [3.05, 3.63) is 28.8 Å². The van der Waals surface area contributed by atoms with Gasteiger partial charge in [-0.2, -0.15) is 0 Å². The summed E-state index contributed by atoms with van der Waals surface area (Å²) in [5.41, 5.74) is 7.68. The molecule has 2 nitrogen and oxygen atoms in total. The van der Waals surface area contributed by atoms with E-state index >= 15 is 0 Å². The van der Waals surface area contributed by atoms with E-state index in [1.807, 2.05) is 18.2 Å². The second-order valence-electron chi connectivity index (χ2n) is 2.54. The van der Waals surface area contributed by atoms with Crippen LogP contribution in [0.2, 0.25) is 5.02 Å². The van der Waals surface area contributed by atoms with E-state index in [1.54, 1.807) is 0 Å². The standard InChI is InChI=1S/C9H13ClN2/c1-2-12-9-4-3-8(10)5-7(9)6-11/h3-5,12H,2,6,11H2,1H3. The van der Waals surface area contributed by atoms with Gasteiger partial charge in [0, 0.05) is 23.8 Å². The Balaban J connectivity index is 2.94. The summed E-state index contributed by atoms with van der Waals surface area (Å²) >= 11 is 5.81. The minimum atomic E-state index is 0.517. The lowest BCUT2D eigenvalue weighted by Crippen LogP contribution is -2.04. The van der Waals surface area contributed by atoms with Crippen LogP contribution in [-0.4, -0.2) is 6.54 Å². The molecule has 1 aromatic carbocycles. The van der Waals surface area contributed by atoms with Crippen molar-refractivity contribution in [2.45, 2.75) is 13.5 Å². The zero-order chi connectivity index (χ0) is 8.97. The Morgan fingerprint density at radius 1 is 1.50 bits per heavy atom. The summed E-state index contributed by atoms with van der Waals surface area (Å²) in [6.45, 7) is 3.46. The summed E-state index contributed by atoms with van der Waals surface area (Å²) in [6, 6.07) is 5.70. The van der Waals surface area contributed by atoms with E-state index < -0.39 is 0 Å². The first-order valence-corrected chi connectivity index (χ1v) is 4.38. The third kappa shape index (κ3) is 2.13. The van der Waals surface area contributed by atoms with Gasteiger partial charge in [-0.15, -0.1) is 0 Å². The Bertz CT molecular complexity index is 261. The smallest absolute Gasteiger partial charge is 0.0410 e. The predicted molar refractivity (Wildman–Crippen MR) is 53.5 cm³/mol. The molecule has 0 saturated carbocycles. The lowest BCUT2D eigenvalue weighted by atomic mass is 10.2. The molecule has 0 bridgehead atoms. The molecule has 0 atom stereocenters. The van der Waals surface area contributed by atoms with Gasteiger partial charge in [-0.25, -0.2) is 0 Å². The van der Waals surface area contributed by atoms with E-state index in [0.717, 1.165) is 22.8 Å². The molecule has 0 saturated heterocycles. The molecule has 0 aliphatic carbocycles. The predicted octanol–water partition coefficient (Wildman–Crippen LogP) is 2.23. The van der Waals surface area contributed by atoms with Crippen LogP contribution in [0.25, 0.3) is 0 Å². The van der Waals surface area contributed by atoms with Crippen molar-refractivity contribution in [2.24, 2.45) is 5.73 Å². The maximum Gasteiger partial charge on any atom is 0.0410 e. The fourth-order valence-corrected chi connectivity index (χ4v) is 1.29. The van der Waals surface area contributed by atoms with Crippen LogP contribution in [-0.2, 0) is 6.54 Å². The Hall–Kier alpha value is -0.730. The molecule has 0 unspecified atom stereocenters. The summed E-state index contributed by atoms with van der Waals surface area (Å²) < 4.78 is 0. The van der Waals surface area contributed by atoms with Gasteiger partial charge in [0.25, 0.3) is 0 Å². The average molecular weight is 185 g/mol. The van der Waals surface area contributed by atoms with Gasteiger partial charge in [0.1, 0.15) is 0 Å². The van der Waals surface area contributed by atoms with Crippen LogP contribution in [0.5, 0.6) is 0 Å². The number of anilines is 1.